The zero-order chi connectivity index (χ0) is 13.5. The van der Waals surface area contributed by atoms with Gasteiger partial charge in [0.05, 0.1) is 6.61 Å². The van der Waals surface area contributed by atoms with Crippen molar-refractivity contribution in [3.05, 3.63) is 34.9 Å². The molecule has 1 N–H and O–H groups in total. The van der Waals surface area contributed by atoms with Crippen molar-refractivity contribution in [3.8, 4) is 0 Å². The lowest BCUT2D eigenvalue weighted by molar-refractivity contribution is 0.0950. The van der Waals surface area contributed by atoms with Crippen molar-refractivity contribution in [2.45, 2.75) is 25.1 Å². The van der Waals surface area contributed by atoms with Crippen LogP contribution in [0.3, 0.4) is 0 Å². The molecule has 100 valence electrons. The fraction of sp³-hybridized carbons (Fsp3) is 0.500. The molecule has 1 rings (SSSR count). The van der Waals surface area contributed by atoms with E-state index < -0.39 is 0 Å². The summed E-state index contributed by atoms with van der Waals surface area (Å²) in [5, 5.41) is 2.95. The minimum atomic E-state index is 0.00252. The molecule has 18 heavy (non-hydrogen) atoms. The molecule has 0 aliphatic carbocycles. The largest absolute Gasteiger partial charge is 0.384 e. The lowest BCUT2D eigenvalue weighted by Crippen LogP contribution is -2.28. The van der Waals surface area contributed by atoms with Crippen molar-refractivity contribution < 1.29 is 9.53 Å². The monoisotopic (exact) mass is 313 g/mol. The molecule has 0 saturated carbocycles. The third kappa shape index (κ3) is 4.42. The maximum atomic E-state index is 12.1. The number of alkyl halides is 1. The van der Waals surface area contributed by atoms with Gasteiger partial charge in [0, 0.05) is 24.0 Å². The Hall–Kier alpha value is -0.870. The highest BCUT2D eigenvalue weighted by Crippen LogP contribution is 2.13. The quantitative estimate of drug-likeness (QED) is 0.820. The smallest absolute Gasteiger partial charge is 0.251 e. The molecular weight excluding hydrogens is 294 g/mol. The predicted octanol–water partition coefficient (Wildman–Crippen LogP) is 2.83. The van der Waals surface area contributed by atoms with Gasteiger partial charge in [-0.05, 0) is 31.4 Å². The molecule has 1 aromatic rings. The molecule has 1 aromatic carbocycles. The van der Waals surface area contributed by atoms with Crippen LogP contribution in [0.4, 0.5) is 0 Å². The fourth-order valence-electron chi connectivity index (χ4n) is 1.87. The van der Waals surface area contributed by atoms with E-state index in [1.807, 2.05) is 32.0 Å². The first-order chi connectivity index (χ1) is 8.56. The molecule has 0 aliphatic rings. The molecule has 0 radical (unpaired) electrons. The number of methoxy groups -OCH3 is 1. The number of benzene rings is 1. The van der Waals surface area contributed by atoms with Crippen LogP contribution in [-0.4, -0.2) is 31.0 Å². The molecule has 1 unspecified atom stereocenters. The minimum Gasteiger partial charge on any atom is -0.384 e. The third-order valence-electron chi connectivity index (χ3n) is 2.80. The number of amides is 1. The van der Waals surface area contributed by atoms with E-state index in [1.54, 1.807) is 7.11 Å². The average molecular weight is 314 g/mol. The zero-order valence-corrected chi connectivity index (χ0v) is 12.7. The summed E-state index contributed by atoms with van der Waals surface area (Å²) in [6, 6.07) is 5.88. The molecule has 0 aromatic heterocycles. The Bertz CT molecular complexity index is 387. The van der Waals surface area contributed by atoms with Gasteiger partial charge in [0.15, 0.2) is 0 Å². The molecule has 0 saturated heterocycles. The van der Waals surface area contributed by atoms with E-state index >= 15 is 0 Å². The van der Waals surface area contributed by atoms with E-state index in [0.29, 0.717) is 13.2 Å². The summed E-state index contributed by atoms with van der Waals surface area (Å²) < 4.78 is 5.02. The van der Waals surface area contributed by atoms with Crippen LogP contribution in [0.2, 0.25) is 0 Å². The number of nitrogens with one attached hydrogen (secondary N) is 1. The zero-order valence-electron chi connectivity index (χ0n) is 11.1. The van der Waals surface area contributed by atoms with Crippen molar-refractivity contribution in [1.82, 2.24) is 5.32 Å². The highest BCUT2D eigenvalue weighted by Gasteiger charge is 2.11. The number of hydrogen-bond acceptors (Lipinski definition) is 2. The summed E-state index contributed by atoms with van der Waals surface area (Å²) in [6.45, 7) is 5.21. The number of aryl methyl sites for hydroxylation is 2. The van der Waals surface area contributed by atoms with Gasteiger partial charge in [-0.15, -0.1) is 0 Å². The second-order valence-corrected chi connectivity index (χ2v) is 5.66. The van der Waals surface area contributed by atoms with Crippen LogP contribution in [0.1, 0.15) is 27.9 Å². The molecule has 1 atom stereocenters. The molecule has 0 spiro atoms. The van der Waals surface area contributed by atoms with Gasteiger partial charge in [-0.2, -0.15) is 0 Å². The van der Waals surface area contributed by atoms with E-state index in [0.717, 1.165) is 23.1 Å². The van der Waals surface area contributed by atoms with Crippen LogP contribution in [0.15, 0.2) is 18.2 Å². The second-order valence-electron chi connectivity index (χ2n) is 4.36. The minimum absolute atomic E-state index is 0.00252. The molecule has 0 bridgehead atoms. The highest BCUT2D eigenvalue weighted by molar-refractivity contribution is 9.09. The van der Waals surface area contributed by atoms with Crippen LogP contribution in [0, 0.1) is 13.8 Å². The number of rotatable bonds is 6. The summed E-state index contributed by atoms with van der Waals surface area (Å²) in [6.07, 6.45) is 0.852. The number of ether oxygens (including phenoxy) is 1. The lowest BCUT2D eigenvalue weighted by atomic mass is 10.0. The van der Waals surface area contributed by atoms with E-state index in [9.17, 15) is 4.79 Å². The molecular formula is C14H20BrNO2. The van der Waals surface area contributed by atoms with Gasteiger partial charge >= 0.3 is 0 Å². The molecule has 1 amide bonds. The summed E-state index contributed by atoms with van der Waals surface area (Å²) in [7, 11) is 1.67. The first-order valence-electron chi connectivity index (χ1n) is 6.03. The van der Waals surface area contributed by atoms with Crippen molar-refractivity contribution in [2.24, 2.45) is 0 Å². The Morgan fingerprint density at radius 1 is 1.39 bits per heavy atom. The third-order valence-corrected chi connectivity index (χ3v) is 3.52. The Labute approximate surface area is 117 Å². The van der Waals surface area contributed by atoms with E-state index in [2.05, 4.69) is 21.2 Å². The predicted molar refractivity (Wildman–Crippen MR) is 77.5 cm³/mol. The summed E-state index contributed by atoms with van der Waals surface area (Å²) in [5.74, 6) is 0.00252. The maximum Gasteiger partial charge on any atom is 0.251 e. The topological polar surface area (TPSA) is 38.3 Å². The summed E-state index contributed by atoms with van der Waals surface area (Å²) in [4.78, 5) is 12.3. The van der Waals surface area contributed by atoms with Crippen LogP contribution < -0.4 is 5.32 Å². The standard InChI is InChI=1S/C14H20BrNO2/c1-10-5-4-6-11(2)13(10)14(17)16-8-7-12(15)9-18-3/h4-6,12H,7-9H2,1-3H3,(H,16,17). The lowest BCUT2D eigenvalue weighted by Gasteiger charge is -2.12. The normalized spacial score (nSPS) is 12.2. The van der Waals surface area contributed by atoms with Gasteiger partial charge in [0.1, 0.15) is 0 Å². The van der Waals surface area contributed by atoms with Gasteiger partial charge in [0.2, 0.25) is 0 Å². The molecule has 0 fully saturated rings. The van der Waals surface area contributed by atoms with Crippen molar-refractivity contribution in [2.75, 3.05) is 20.3 Å². The first-order valence-corrected chi connectivity index (χ1v) is 6.95. The molecule has 0 aliphatic heterocycles. The van der Waals surface area contributed by atoms with Crippen LogP contribution in [0.25, 0.3) is 0 Å². The van der Waals surface area contributed by atoms with Crippen LogP contribution in [-0.2, 0) is 4.74 Å². The Morgan fingerprint density at radius 2 is 2.00 bits per heavy atom. The number of halogens is 1. The van der Waals surface area contributed by atoms with Crippen LogP contribution >= 0.6 is 15.9 Å². The van der Waals surface area contributed by atoms with E-state index in [-0.39, 0.29) is 10.7 Å². The van der Waals surface area contributed by atoms with Gasteiger partial charge in [-0.25, -0.2) is 0 Å². The summed E-state index contributed by atoms with van der Waals surface area (Å²) >= 11 is 3.50. The Kier molecular flexibility index (Phi) is 6.36. The molecule has 3 nitrogen and oxygen atoms in total. The fourth-order valence-corrected chi connectivity index (χ4v) is 2.36. The molecule has 0 heterocycles. The van der Waals surface area contributed by atoms with Gasteiger partial charge in [0.25, 0.3) is 5.91 Å². The number of carbonyl (C=O) groups is 1. The maximum absolute atomic E-state index is 12.1. The first kappa shape index (κ1) is 15.2. The Morgan fingerprint density at radius 3 is 2.56 bits per heavy atom. The molecule has 4 heteroatoms. The Balaban J connectivity index is 2.51. The van der Waals surface area contributed by atoms with E-state index in [1.165, 1.54) is 0 Å². The van der Waals surface area contributed by atoms with Gasteiger partial charge < -0.3 is 10.1 Å². The van der Waals surface area contributed by atoms with E-state index in [4.69, 9.17) is 4.74 Å². The second kappa shape index (κ2) is 7.54. The number of carbonyl (C=O) groups excluding carboxylic acids is 1. The number of hydrogen-bond donors (Lipinski definition) is 1. The van der Waals surface area contributed by atoms with Crippen LogP contribution in [0.5, 0.6) is 0 Å². The van der Waals surface area contributed by atoms with Crippen molar-refractivity contribution >= 4 is 21.8 Å². The summed E-state index contributed by atoms with van der Waals surface area (Å²) in [5.41, 5.74) is 2.81. The average Bonchev–Trinajstić information content (AvgIpc) is 2.29. The SMILES string of the molecule is COCC(Br)CCNC(=O)c1c(C)cccc1C. The van der Waals surface area contributed by atoms with Crippen molar-refractivity contribution in [3.63, 3.8) is 0 Å². The highest BCUT2D eigenvalue weighted by atomic mass is 79.9. The van der Waals surface area contributed by atoms with Crippen molar-refractivity contribution in [1.29, 1.82) is 0 Å². The van der Waals surface area contributed by atoms with Gasteiger partial charge in [-0.1, -0.05) is 34.1 Å². The van der Waals surface area contributed by atoms with Gasteiger partial charge in [-0.3, -0.25) is 4.79 Å².